The largest absolute Gasteiger partial charge is 0.479 e. The van der Waals surface area contributed by atoms with Crippen LogP contribution in [-0.2, 0) is 40.1 Å². The van der Waals surface area contributed by atoms with Gasteiger partial charge in [-0.2, -0.15) is 0 Å². The number of carboxylic acid groups (broad SMARTS) is 1. The molecule has 6 N–H and O–H groups in total. The molecule has 4 unspecified atom stereocenters. The van der Waals surface area contributed by atoms with E-state index in [1.165, 1.54) is 24.3 Å². The van der Waals surface area contributed by atoms with Gasteiger partial charge in [-0.05, 0) is 36.5 Å². The van der Waals surface area contributed by atoms with E-state index in [9.17, 15) is 39.0 Å². The second kappa shape index (κ2) is 16.7. The second-order valence-electron chi connectivity index (χ2n) is 11.7. The minimum absolute atomic E-state index is 0.0250. The van der Waals surface area contributed by atoms with Crippen LogP contribution in [0.4, 0.5) is 10.5 Å². The van der Waals surface area contributed by atoms with Gasteiger partial charge in [0.15, 0.2) is 6.10 Å². The van der Waals surface area contributed by atoms with Gasteiger partial charge in [-0.3, -0.25) is 24.1 Å². The number of anilines is 1. The van der Waals surface area contributed by atoms with Crippen LogP contribution in [0.5, 0.6) is 5.75 Å². The first-order chi connectivity index (χ1) is 21.7. The second-order valence-corrected chi connectivity index (χ2v) is 11.7. The van der Waals surface area contributed by atoms with Crippen molar-refractivity contribution in [1.29, 1.82) is 0 Å². The molecule has 3 rings (SSSR count). The Morgan fingerprint density at radius 3 is 2.39 bits per heavy atom. The summed E-state index contributed by atoms with van der Waals surface area (Å²) in [4.78, 5) is 73.3. The highest BCUT2D eigenvalue weighted by atomic mass is 16.7. The summed E-state index contributed by atoms with van der Waals surface area (Å²) < 4.78 is 16.2. The van der Waals surface area contributed by atoms with E-state index in [0.29, 0.717) is 24.8 Å². The van der Waals surface area contributed by atoms with E-state index in [1.807, 2.05) is 13.8 Å². The monoisotopic (exact) mass is 646 g/mol. The summed E-state index contributed by atoms with van der Waals surface area (Å²) in [7, 11) is 0. The molecule has 2 heterocycles. The third-order valence-electron chi connectivity index (χ3n) is 7.67. The first-order valence-corrected chi connectivity index (χ1v) is 15.2. The Labute approximate surface area is 266 Å². The average molecular weight is 647 g/mol. The number of hydrogen-bond acceptors (Lipinski definition) is 10. The number of aliphatic hydroxyl groups excluding tert-OH is 1. The first kappa shape index (κ1) is 36.0. The number of carboxylic acids is 1. The number of aliphatic hydroxyl groups is 1. The lowest BCUT2D eigenvalue weighted by atomic mass is 9.90. The van der Waals surface area contributed by atoms with Crippen LogP contribution in [-0.4, -0.2) is 81.9 Å². The lowest BCUT2D eigenvalue weighted by Gasteiger charge is -2.32. The topological polar surface area (TPSA) is 224 Å². The number of nitrogens with two attached hydrogens (primary N) is 1. The number of primary amides is 1. The molecule has 0 bridgehead atoms. The zero-order valence-corrected chi connectivity index (χ0v) is 26.1. The third-order valence-corrected chi connectivity index (χ3v) is 7.67. The normalized spacial score (nSPS) is 20.7. The highest BCUT2D eigenvalue weighted by Crippen LogP contribution is 2.31. The SMILES string of the molecule is CC(C)C(NC(=O)CCCCCN1C(=O)C=CC1=O)[C@@H](C)C(=O)Nc1ccc(COC(N)=O)cc1OC1CC(O)CC(C(=O)O)O1. The maximum Gasteiger partial charge on any atom is 0.404 e. The number of hydrogen-bond donors (Lipinski definition) is 5. The Bertz CT molecular complexity index is 1310. The quantitative estimate of drug-likeness (QED) is 0.129. The van der Waals surface area contributed by atoms with Gasteiger partial charge in [0.25, 0.3) is 11.8 Å². The number of benzene rings is 1. The molecule has 46 heavy (non-hydrogen) atoms. The van der Waals surface area contributed by atoms with Crippen LogP contribution in [0.1, 0.15) is 64.9 Å². The van der Waals surface area contributed by atoms with Crippen LogP contribution in [0.2, 0.25) is 0 Å². The number of carbonyl (C=O) groups is 6. The van der Waals surface area contributed by atoms with Gasteiger partial charge in [-0.15, -0.1) is 0 Å². The number of carbonyl (C=O) groups excluding carboxylic acids is 5. The lowest BCUT2D eigenvalue weighted by molar-refractivity contribution is -0.195. The van der Waals surface area contributed by atoms with Gasteiger partial charge in [0.1, 0.15) is 12.4 Å². The van der Waals surface area contributed by atoms with E-state index in [-0.39, 0.29) is 67.5 Å². The highest BCUT2D eigenvalue weighted by molar-refractivity contribution is 6.12. The van der Waals surface area contributed by atoms with Crippen molar-refractivity contribution >= 4 is 41.4 Å². The molecule has 0 spiro atoms. The van der Waals surface area contributed by atoms with Gasteiger partial charge >= 0.3 is 12.1 Å². The van der Waals surface area contributed by atoms with E-state index in [4.69, 9.17) is 19.9 Å². The number of rotatable bonds is 16. The first-order valence-electron chi connectivity index (χ1n) is 15.2. The van der Waals surface area contributed by atoms with E-state index in [0.717, 1.165) is 4.90 Å². The summed E-state index contributed by atoms with van der Waals surface area (Å²) in [5, 5.41) is 25.3. The van der Waals surface area contributed by atoms with Gasteiger partial charge in [0, 0.05) is 44.0 Å². The molecule has 1 aromatic carbocycles. The number of imide groups is 1. The van der Waals surface area contributed by atoms with Gasteiger partial charge < -0.3 is 40.8 Å². The van der Waals surface area contributed by atoms with Gasteiger partial charge in [-0.1, -0.05) is 33.3 Å². The van der Waals surface area contributed by atoms with Crippen LogP contribution in [0, 0.1) is 11.8 Å². The summed E-state index contributed by atoms with van der Waals surface area (Å²) in [6.45, 7) is 5.51. The van der Waals surface area contributed by atoms with Crippen molar-refractivity contribution in [3.05, 3.63) is 35.9 Å². The van der Waals surface area contributed by atoms with Crippen molar-refractivity contribution < 1.29 is 53.2 Å². The molecule has 15 nitrogen and oxygen atoms in total. The van der Waals surface area contributed by atoms with Crippen molar-refractivity contribution in [3.63, 3.8) is 0 Å². The van der Waals surface area contributed by atoms with Gasteiger partial charge in [-0.25, -0.2) is 9.59 Å². The van der Waals surface area contributed by atoms with Crippen LogP contribution in [0.25, 0.3) is 0 Å². The fourth-order valence-electron chi connectivity index (χ4n) is 5.17. The van der Waals surface area contributed by atoms with E-state index in [2.05, 4.69) is 10.6 Å². The van der Waals surface area contributed by atoms with Crippen molar-refractivity contribution in [3.8, 4) is 5.75 Å². The molecule has 5 amide bonds. The Morgan fingerprint density at radius 2 is 1.76 bits per heavy atom. The molecule has 1 saturated heterocycles. The molecule has 15 heteroatoms. The third kappa shape index (κ3) is 10.5. The van der Waals surface area contributed by atoms with Crippen molar-refractivity contribution in [1.82, 2.24) is 10.2 Å². The standard InChI is InChI=1S/C31H42N4O11/c1-17(2)28(34-24(37)7-5-4-6-12-35-25(38)10-11-26(35)39)18(3)29(40)33-21-9-8-19(16-44-31(32)43)13-22(21)45-27-15-20(36)14-23(46-27)30(41)42/h8-11,13,17-18,20,23,27-28,36H,4-7,12,14-16H2,1-3H3,(H2,32,43)(H,33,40)(H,34,37)(H,41,42)/t18-,20?,23?,27?,28?/m1/s1. The number of amides is 5. The fraction of sp³-hybridized carbons (Fsp3) is 0.548. The van der Waals surface area contributed by atoms with Crippen molar-refractivity contribution in [2.75, 3.05) is 11.9 Å². The van der Waals surface area contributed by atoms with E-state index >= 15 is 0 Å². The van der Waals surface area contributed by atoms with Crippen LogP contribution >= 0.6 is 0 Å². The predicted octanol–water partition coefficient (Wildman–Crippen LogP) is 1.81. The number of unbranched alkanes of at least 4 members (excludes halogenated alkanes) is 2. The summed E-state index contributed by atoms with van der Waals surface area (Å²) in [5.41, 5.74) is 5.72. The number of nitrogens with zero attached hydrogens (tertiary/aromatic N) is 1. The molecule has 1 fully saturated rings. The summed E-state index contributed by atoms with van der Waals surface area (Å²) in [5.74, 6) is -3.34. The molecule has 0 saturated carbocycles. The summed E-state index contributed by atoms with van der Waals surface area (Å²) in [6, 6.07) is 4.02. The van der Waals surface area contributed by atoms with E-state index < -0.39 is 48.4 Å². The van der Waals surface area contributed by atoms with Crippen molar-refractivity contribution in [2.24, 2.45) is 17.6 Å². The number of ether oxygens (including phenoxy) is 3. The zero-order valence-electron chi connectivity index (χ0n) is 26.1. The van der Waals surface area contributed by atoms with Gasteiger partial charge in [0.2, 0.25) is 18.1 Å². The molecule has 2 aliphatic rings. The van der Waals surface area contributed by atoms with Crippen LogP contribution < -0.4 is 21.1 Å². The molecule has 252 valence electrons. The zero-order chi connectivity index (χ0) is 34.0. The molecular weight excluding hydrogens is 604 g/mol. The Hall–Kier alpha value is -4.50. The van der Waals surface area contributed by atoms with Gasteiger partial charge in [0.05, 0.1) is 17.7 Å². The Kier molecular flexibility index (Phi) is 13.1. The van der Waals surface area contributed by atoms with Crippen LogP contribution in [0.15, 0.2) is 30.4 Å². The van der Waals surface area contributed by atoms with Crippen molar-refractivity contribution in [2.45, 2.75) is 90.4 Å². The average Bonchev–Trinajstić information content (AvgIpc) is 3.31. The summed E-state index contributed by atoms with van der Waals surface area (Å²) >= 11 is 0. The molecule has 1 aromatic rings. The molecular formula is C31H42N4O11. The molecule has 0 aliphatic carbocycles. The molecule has 5 atom stereocenters. The fourth-order valence-corrected chi connectivity index (χ4v) is 5.17. The highest BCUT2D eigenvalue weighted by Gasteiger charge is 2.35. The minimum Gasteiger partial charge on any atom is -0.479 e. The molecule has 0 radical (unpaired) electrons. The predicted molar refractivity (Wildman–Crippen MR) is 162 cm³/mol. The smallest absolute Gasteiger partial charge is 0.404 e. The lowest BCUT2D eigenvalue weighted by Crippen LogP contribution is -2.47. The number of aliphatic carboxylic acids is 1. The molecule has 0 aromatic heterocycles. The maximum atomic E-state index is 13.4. The summed E-state index contributed by atoms with van der Waals surface area (Å²) in [6.07, 6.45) is -0.164. The van der Waals surface area contributed by atoms with E-state index in [1.54, 1.807) is 13.0 Å². The Morgan fingerprint density at radius 1 is 1.07 bits per heavy atom. The Balaban J connectivity index is 1.62. The van der Waals surface area contributed by atoms with Crippen LogP contribution in [0.3, 0.4) is 0 Å². The maximum absolute atomic E-state index is 13.4. The minimum atomic E-state index is -1.29. The molecule has 2 aliphatic heterocycles. The number of nitrogens with one attached hydrogen (secondary N) is 2.